The van der Waals surface area contributed by atoms with Gasteiger partial charge in [0, 0.05) is 18.1 Å². The molecular weight excluding hydrogens is 240 g/mol. The molecule has 0 bridgehead atoms. The number of carbonyl (C=O) groups is 1. The molecule has 0 aromatic heterocycles. The van der Waals surface area contributed by atoms with Gasteiger partial charge in [-0.2, -0.15) is 0 Å². The maximum absolute atomic E-state index is 11.3. The number of hydrogen-bond acceptors (Lipinski definition) is 3. The summed E-state index contributed by atoms with van der Waals surface area (Å²) < 4.78 is 10.5. The van der Waals surface area contributed by atoms with Crippen LogP contribution in [0.1, 0.15) is 30.4 Å². The van der Waals surface area contributed by atoms with E-state index in [4.69, 9.17) is 9.47 Å². The van der Waals surface area contributed by atoms with Gasteiger partial charge in [-0.05, 0) is 36.8 Å². The molecule has 3 heteroatoms. The summed E-state index contributed by atoms with van der Waals surface area (Å²) in [5.74, 6) is 1.81. The molecule has 1 aliphatic heterocycles. The molecule has 19 heavy (non-hydrogen) atoms. The van der Waals surface area contributed by atoms with Crippen molar-refractivity contribution in [3.05, 3.63) is 41.5 Å². The second-order valence-corrected chi connectivity index (χ2v) is 5.04. The number of allylic oxidation sites excluding steroid dienone is 1. The lowest BCUT2D eigenvalue weighted by Gasteiger charge is -2.05. The zero-order valence-electron chi connectivity index (χ0n) is 11.1. The predicted molar refractivity (Wildman–Crippen MR) is 72.3 cm³/mol. The summed E-state index contributed by atoms with van der Waals surface area (Å²) in [7, 11) is 0. The van der Waals surface area contributed by atoms with Gasteiger partial charge in [0.05, 0.1) is 13.2 Å². The van der Waals surface area contributed by atoms with Crippen molar-refractivity contribution < 1.29 is 14.3 Å². The second kappa shape index (κ2) is 5.08. The number of carbonyl (C=O) groups excluding carboxylic acids is 1. The molecule has 3 nitrogen and oxygen atoms in total. The number of ether oxygens (including phenoxy) is 2. The zero-order valence-corrected chi connectivity index (χ0v) is 11.1. The number of benzene rings is 1. The molecule has 2 unspecified atom stereocenters. The van der Waals surface area contributed by atoms with E-state index in [0.717, 1.165) is 25.2 Å². The Bertz CT molecular complexity index is 519. The van der Waals surface area contributed by atoms with Crippen LogP contribution >= 0.6 is 0 Å². The van der Waals surface area contributed by atoms with Gasteiger partial charge in [-0.15, -0.1) is 0 Å². The van der Waals surface area contributed by atoms with E-state index < -0.39 is 0 Å². The Morgan fingerprint density at radius 3 is 3.26 bits per heavy atom. The maximum Gasteiger partial charge on any atom is 0.330 e. The third-order valence-electron chi connectivity index (χ3n) is 3.78. The molecular formula is C16H18O3. The largest absolute Gasteiger partial charge is 0.493 e. The molecule has 1 aliphatic carbocycles. The summed E-state index contributed by atoms with van der Waals surface area (Å²) in [6, 6.07) is 6.29. The quantitative estimate of drug-likeness (QED) is 0.615. The minimum atomic E-state index is -0.241. The summed E-state index contributed by atoms with van der Waals surface area (Å²) in [6.07, 6.45) is 5.67. The van der Waals surface area contributed by atoms with E-state index in [1.54, 1.807) is 6.08 Å². The molecule has 3 rings (SSSR count). The first-order valence-corrected chi connectivity index (χ1v) is 6.89. The molecule has 2 atom stereocenters. The van der Waals surface area contributed by atoms with Gasteiger partial charge < -0.3 is 9.47 Å². The SMILES string of the molecule is CCOC(=O)C=CC1CC1c1cccc2c1CCO2. The van der Waals surface area contributed by atoms with Gasteiger partial charge in [0.15, 0.2) is 0 Å². The van der Waals surface area contributed by atoms with Crippen molar-refractivity contribution in [1.82, 2.24) is 0 Å². The van der Waals surface area contributed by atoms with Crippen LogP contribution in [-0.2, 0) is 16.0 Å². The number of fused-ring (bicyclic) bond motifs is 1. The second-order valence-electron chi connectivity index (χ2n) is 5.04. The van der Waals surface area contributed by atoms with Crippen LogP contribution in [0.5, 0.6) is 5.75 Å². The van der Waals surface area contributed by atoms with Crippen LogP contribution in [0.25, 0.3) is 0 Å². The first kappa shape index (κ1) is 12.3. The highest BCUT2D eigenvalue weighted by atomic mass is 16.5. The van der Waals surface area contributed by atoms with Gasteiger partial charge in [-0.3, -0.25) is 0 Å². The van der Waals surface area contributed by atoms with Gasteiger partial charge in [-0.1, -0.05) is 18.2 Å². The molecule has 100 valence electrons. The van der Waals surface area contributed by atoms with Crippen LogP contribution in [0, 0.1) is 5.92 Å². The summed E-state index contributed by atoms with van der Waals surface area (Å²) in [6.45, 7) is 3.04. The molecule has 0 radical (unpaired) electrons. The third-order valence-corrected chi connectivity index (χ3v) is 3.78. The van der Waals surface area contributed by atoms with Crippen molar-refractivity contribution in [2.45, 2.75) is 25.7 Å². The lowest BCUT2D eigenvalue weighted by Crippen LogP contribution is -1.99. The maximum atomic E-state index is 11.3. The van der Waals surface area contributed by atoms with E-state index in [1.165, 1.54) is 11.1 Å². The molecule has 1 saturated carbocycles. The van der Waals surface area contributed by atoms with E-state index in [1.807, 2.05) is 19.1 Å². The Kier molecular flexibility index (Phi) is 3.28. The highest BCUT2D eigenvalue weighted by molar-refractivity contribution is 5.82. The van der Waals surface area contributed by atoms with Crippen molar-refractivity contribution in [3.8, 4) is 5.75 Å². The van der Waals surface area contributed by atoms with E-state index in [2.05, 4.69) is 12.1 Å². The first-order valence-electron chi connectivity index (χ1n) is 6.89. The summed E-state index contributed by atoms with van der Waals surface area (Å²) in [5, 5.41) is 0. The molecule has 0 saturated heterocycles. The van der Waals surface area contributed by atoms with Crippen LogP contribution < -0.4 is 4.74 Å². The Hall–Kier alpha value is -1.77. The minimum Gasteiger partial charge on any atom is -0.493 e. The molecule has 0 N–H and O–H groups in total. The van der Waals surface area contributed by atoms with E-state index in [0.29, 0.717) is 18.4 Å². The Labute approximate surface area is 113 Å². The number of esters is 1. The summed E-state index contributed by atoms with van der Waals surface area (Å²) >= 11 is 0. The Balaban J connectivity index is 1.67. The molecule has 1 aromatic carbocycles. The normalized spacial score (nSPS) is 24.1. The first-order chi connectivity index (χ1) is 9.29. The average molecular weight is 258 g/mol. The Morgan fingerprint density at radius 1 is 1.53 bits per heavy atom. The van der Waals surface area contributed by atoms with E-state index in [-0.39, 0.29) is 5.97 Å². The molecule has 1 heterocycles. The smallest absolute Gasteiger partial charge is 0.330 e. The van der Waals surface area contributed by atoms with Crippen LogP contribution in [-0.4, -0.2) is 19.2 Å². The van der Waals surface area contributed by atoms with Crippen molar-refractivity contribution in [2.75, 3.05) is 13.2 Å². The standard InChI is InChI=1S/C16H18O3/c1-2-18-16(17)7-6-11-10-14(11)12-4-3-5-15-13(12)8-9-19-15/h3-7,11,14H,2,8-10H2,1H3. The van der Waals surface area contributed by atoms with Gasteiger partial charge in [0.1, 0.15) is 5.75 Å². The van der Waals surface area contributed by atoms with Crippen LogP contribution in [0.3, 0.4) is 0 Å². The van der Waals surface area contributed by atoms with E-state index in [9.17, 15) is 4.79 Å². The fraction of sp³-hybridized carbons (Fsp3) is 0.438. The zero-order chi connectivity index (χ0) is 13.2. The number of rotatable bonds is 4. The molecule has 2 aliphatic rings. The average Bonchev–Trinajstić information content (AvgIpc) is 3.02. The fourth-order valence-corrected chi connectivity index (χ4v) is 2.77. The fourth-order valence-electron chi connectivity index (χ4n) is 2.77. The van der Waals surface area contributed by atoms with Crippen molar-refractivity contribution in [2.24, 2.45) is 5.92 Å². The summed E-state index contributed by atoms with van der Waals surface area (Å²) in [4.78, 5) is 11.3. The van der Waals surface area contributed by atoms with Crippen molar-refractivity contribution in [1.29, 1.82) is 0 Å². The molecule has 0 spiro atoms. The lowest BCUT2D eigenvalue weighted by atomic mass is 10.00. The minimum absolute atomic E-state index is 0.241. The highest BCUT2D eigenvalue weighted by Gasteiger charge is 2.38. The number of hydrogen-bond donors (Lipinski definition) is 0. The van der Waals surface area contributed by atoms with Crippen molar-refractivity contribution >= 4 is 5.97 Å². The van der Waals surface area contributed by atoms with Gasteiger partial charge >= 0.3 is 5.97 Å². The van der Waals surface area contributed by atoms with Crippen LogP contribution in [0.15, 0.2) is 30.4 Å². The highest BCUT2D eigenvalue weighted by Crippen LogP contribution is 2.51. The van der Waals surface area contributed by atoms with Crippen LogP contribution in [0.2, 0.25) is 0 Å². The van der Waals surface area contributed by atoms with Gasteiger partial charge in [0.2, 0.25) is 0 Å². The lowest BCUT2D eigenvalue weighted by molar-refractivity contribution is -0.137. The molecule has 1 fully saturated rings. The Morgan fingerprint density at radius 2 is 2.42 bits per heavy atom. The van der Waals surface area contributed by atoms with Crippen molar-refractivity contribution in [3.63, 3.8) is 0 Å². The predicted octanol–water partition coefficient (Wildman–Crippen LogP) is 2.84. The van der Waals surface area contributed by atoms with Crippen LogP contribution in [0.4, 0.5) is 0 Å². The third kappa shape index (κ3) is 2.50. The summed E-state index contributed by atoms with van der Waals surface area (Å²) in [5.41, 5.74) is 2.76. The molecule has 1 aromatic rings. The monoisotopic (exact) mass is 258 g/mol. The topological polar surface area (TPSA) is 35.5 Å². The van der Waals surface area contributed by atoms with Gasteiger partial charge in [-0.25, -0.2) is 4.79 Å². The van der Waals surface area contributed by atoms with Gasteiger partial charge in [0.25, 0.3) is 0 Å². The van der Waals surface area contributed by atoms with E-state index >= 15 is 0 Å². The molecule has 0 amide bonds.